The zero-order valence-electron chi connectivity index (χ0n) is 16.4. The highest BCUT2D eigenvalue weighted by molar-refractivity contribution is 5.96. The van der Waals surface area contributed by atoms with Gasteiger partial charge in [0.25, 0.3) is 11.5 Å². The fourth-order valence-electron chi connectivity index (χ4n) is 3.55. The van der Waals surface area contributed by atoms with E-state index in [1.165, 1.54) is 33.8 Å². The summed E-state index contributed by atoms with van der Waals surface area (Å²) >= 11 is 0. The number of rotatable bonds is 3. The molecule has 0 N–H and O–H groups in total. The van der Waals surface area contributed by atoms with Gasteiger partial charge in [-0.15, -0.1) is 5.10 Å². The van der Waals surface area contributed by atoms with E-state index < -0.39 is 17.6 Å². The van der Waals surface area contributed by atoms with Gasteiger partial charge < -0.3 is 9.80 Å². The van der Waals surface area contributed by atoms with Gasteiger partial charge in [-0.2, -0.15) is 17.9 Å². The topological polar surface area (TPSA) is 58.4 Å². The van der Waals surface area contributed by atoms with E-state index in [1.807, 2.05) is 11.0 Å². The summed E-state index contributed by atoms with van der Waals surface area (Å²) in [6.45, 7) is 1.27. The zero-order valence-corrected chi connectivity index (χ0v) is 16.4. The Hall–Kier alpha value is -3.62. The van der Waals surface area contributed by atoms with Crippen molar-refractivity contribution < 1.29 is 18.0 Å². The van der Waals surface area contributed by atoms with Crippen LogP contribution in [0, 0.1) is 0 Å². The average Bonchev–Trinajstić information content (AvgIpc) is 2.79. The van der Waals surface area contributed by atoms with E-state index in [4.69, 9.17) is 0 Å². The molecule has 0 aliphatic carbocycles. The summed E-state index contributed by atoms with van der Waals surface area (Å²) in [6.07, 6.45) is -4.59. The molecule has 31 heavy (non-hydrogen) atoms. The van der Waals surface area contributed by atoms with Crippen molar-refractivity contribution in [3.05, 3.63) is 88.2 Å². The van der Waals surface area contributed by atoms with Gasteiger partial charge in [0.2, 0.25) is 0 Å². The van der Waals surface area contributed by atoms with Crippen LogP contribution in [0.2, 0.25) is 0 Å². The van der Waals surface area contributed by atoms with Crippen LogP contribution in [0.1, 0.15) is 15.9 Å². The van der Waals surface area contributed by atoms with Crippen LogP contribution in [-0.4, -0.2) is 46.8 Å². The summed E-state index contributed by atoms with van der Waals surface area (Å²) in [6, 6.07) is 16.8. The highest BCUT2D eigenvalue weighted by atomic mass is 19.4. The van der Waals surface area contributed by atoms with E-state index in [-0.39, 0.29) is 24.2 Å². The number of alkyl halides is 3. The van der Waals surface area contributed by atoms with Crippen LogP contribution in [0.3, 0.4) is 0 Å². The Bertz CT molecular complexity index is 1140. The predicted molar refractivity (Wildman–Crippen MR) is 109 cm³/mol. The average molecular weight is 428 g/mol. The SMILES string of the molecule is O=C(c1ccccc1C(F)(F)F)N1CCN(c2ccc(=O)n(-c3ccccc3)n2)CC1. The number of carbonyl (C=O) groups is 1. The highest BCUT2D eigenvalue weighted by Crippen LogP contribution is 2.32. The molecule has 0 radical (unpaired) electrons. The fraction of sp³-hybridized carbons (Fsp3) is 0.227. The van der Waals surface area contributed by atoms with Gasteiger partial charge in [0.1, 0.15) is 5.82 Å². The molecule has 1 aliphatic heterocycles. The first kappa shape index (κ1) is 20.6. The molecule has 1 amide bonds. The van der Waals surface area contributed by atoms with Gasteiger partial charge in [-0.05, 0) is 30.3 Å². The lowest BCUT2D eigenvalue weighted by Gasteiger charge is -2.35. The number of aromatic nitrogens is 2. The Labute approximate surface area is 176 Å². The van der Waals surface area contributed by atoms with Crippen LogP contribution in [0.4, 0.5) is 19.0 Å². The second kappa shape index (κ2) is 8.25. The van der Waals surface area contributed by atoms with E-state index in [0.29, 0.717) is 24.6 Å². The number of carbonyl (C=O) groups excluding carboxylic acids is 1. The third kappa shape index (κ3) is 4.30. The van der Waals surface area contributed by atoms with Gasteiger partial charge in [0.05, 0.1) is 16.8 Å². The smallest absolute Gasteiger partial charge is 0.352 e. The predicted octanol–water partition coefficient (Wildman–Crippen LogP) is 3.21. The first-order valence-corrected chi connectivity index (χ1v) is 9.71. The second-order valence-electron chi connectivity index (χ2n) is 7.10. The number of hydrogen-bond acceptors (Lipinski definition) is 4. The van der Waals surface area contributed by atoms with E-state index in [1.54, 1.807) is 30.3 Å². The molecular formula is C22H19F3N4O2. The van der Waals surface area contributed by atoms with E-state index >= 15 is 0 Å². The van der Waals surface area contributed by atoms with Crippen molar-refractivity contribution in [2.75, 3.05) is 31.1 Å². The minimum Gasteiger partial charge on any atom is -0.352 e. The molecule has 9 heteroatoms. The summed E-state index contributed by atoms with van der Waals surface area (Å²) in [5.41, 5.74) is -0.919. The molecule has 1 aromatic heterocycles. The summed E-state index contributed by atoms with van der Waals surface area (Å²) in [4.78, 5) is 28.3. The lowest BCUT2D eigenvalue weighted by atomic mass is 10.1. The molecule has 1 fully saturated rings. The number of amides is 1. The van der Waals surface area contributed by atoms with Crippen molar-refractivity contribution in [2.24, 2.45) is 0 Å². The van der Waals surface area contributed by atoms with E-state index in [9.17, 15) is 22.8 Å². The maximum atomic E-state index is 13.3. The molecule has 0 spiro atoms. The monoisotopic (exact) mass is 428 g/mol. The molecule has 160 valence electrons. The van der Waals surface area contributed by atoms with Crippen LogP contribution in [0.5, 0.6) is 0 Å². The van der Waals surface area contributed by atoms with Gasteiger partial charge >= 0.3 is 6.18 Å². The Kier molecular flexibility index (Phi) is 5.50. The molecular weight excluding hydrogens is 409 g/mol. The molecule has 2 heterocycles. The minimum absolute atomic E-state index is 0.247. The normalized spacial score (nSPS) is 14.5. The maximum absolute atomic E-state index is 13.3. The van der Waals surface area contributed by atoms with Gasteiger partial charge in [0.15, 0.2) is 0 Å². The van der Waals surface area contributed by atoms with Crippen LogP contribution < -0.4 is 10.5 Å². The van der Waals surface area contributed by atoms with Crippen molar-refractivity contribution in [1.29, 1.82) is 0 Å². The number of piperazine rings is 1. The quantitative estimate of drug-likeness (QED) is 0.643. The lowest BCUT2D eigenvalue weighted by Crippen LogP contribution is -2.49. The Morgan fingerprint density at radius 2 is 1.48 bits per heavy atom. The summed E-state index contributed by atoms with van der Waals surface area (Å²) in [7, 11) is 0. The molecule has 0 saturated carbocycles. The van der Waals surface area contributed by atoms with Crippen molar-refractivity contribution in [3.63, 3.8) is 0 Å². The number of nitrogens with zero attached hydrogens (tertiary/aromatic N) is 4. The number of anilines is 1. The molecule has 0 atom stereocenters. The molecule has 1 saturated heterocycles. The Balaban J connectivity index is 1.50. The first-order chi connectivity index (χ1) is 14.8. The Morgan fingerprint density at radius 3 is 2.16 bits per heavy atom. The number of halogens is 3. The van der Waals surface area contributed by atoms with Gasteiger partial charge in [0, 0.05) is 32.2 Å². The second-order valence-corrected chi connectivity index (χ2v) is 7.10. The minimum atomic E-state index is -4.59. The van der Waals surface area contributed by atoms with Crippen LogP contribution >= 0.6 is 0 Å². The molecule has 0 unspecified atom stereocenters. The van der Waals surface area contributed by atoms with Gasteiger partial charge in [-0.25, -0.2) is 0 Å². The fourth-order valence-corrected chi connectivity index (χ4v) is 3.55. The van der Waals surface area contributed by atoms with Crippen molar-refractivity contribution in [2.45, 2.75) is 6.18 Å². The van der Waals surface area contributed by atoms with Crippen LogP contribution in [0.25, 0.3) is 5.69 Å². The van der Waals surface area contributed by atoms with Gasteiger partial charge in [-0.3, -0.25) is 9.59 Å². The molecule has 0 bridgehead atoms. The first-order valence-electron chi connectivity index (χ1n) is 9.71. The van der Waals surface area contributed by atoms with E-state index in [0.717, 1.165) is 6.07 Å². The maximum Gasteiger partial charge on any atom is 0.417 e. The lowest BCUT2D eigenvalue weighted by molar-refractivity contribution is -0.138. The number of benzene rings is 2. The molecule has 1 aliphatic rings. The van der Waals surface area contributed by atoms with Crippen LogP contribution in [0.15, 0.2) is 71.5 Å². The molecule has 4 rings (SSSR count). The number of para-hydroxylation sites is 1. The molecule has 2 aromatic carbocycles. The van der Waals surface area contributed by atoms with Crippen LogP contribution in [-0.2, 0) is 6.18 Å². The van der Waals surface area contributed by atoms with Crippen molar-refractivity contribution in [3.8, 4) is 5.69 Å². The largest absolute Gasteiger partial charge is 0.417 e. The van der Waals surface area contributed by atoms with Crippen molar-refractivity contribution >= 4 is 11.7 Å². The zero-order chi connectivity index (χ0) is 22.0. The van der Waals surface area contributed by atoms with Crippen molar-refractivity contribution in [1.82, 2.24) is 14.7 Å². The molecule has 6 nitrogen and oxygen atoms in total. The summed E-state index contributed by atoms with van der Waals surface area (Å²) in [5.74, 6) is -0.0824. The summed E-state index contributed by atoms with van der Waals surface area (Å²) in [5, 5.41) is 4.42. The highest BCUT2D eigenvalue weighted by Gasteiger charge is 2.36. The third-order valence-corrected chi connectivity index (χ3v) is 5.14. The third-order valence-electron chi connectivity index (χ3n) is 5.14. The number of hydrogen-bond donors (Lipinski definition) is 0. The van der Waals surface area contributed by atoms with E-state index in [2.05, 4.69) is 5.10 Å². The standard InChI is InChI=1S/C22H19F3N4O2/c23-22(24,25)18-9-5-4-8-17(18)21(31)28-14-12-27(13-15-28)19-10-11-20(30)29(26-19)16-6-2-1-3-7-16/h1-11H,12-15H2. The summed E-state index contributed by atoms with van der Waals surface area (Å²) < 4.78 is 41.1. The molecule has 3 aromatic rings. The Morgan fingerprint density at radius 1 is 0.839 bits per heavy atom. The van der Waals surface area contributed by atoms with Gasteiger partial charge in [-0.1, -0.05) is 30.3 Å².